The van der Waals surface area contributed by atoms with Gasteiger partial charge in [-0.1, -0.05) is 35.5 Å². The molecule has 2 aliphatic rings. The molecule has 100 valence electrons. The van der Waals surface area contributed by atoms with E-state index < -0.39 is 6.10 Å². The smallest absolute Gasteiger partial charge is 0.165 e. The molecule has 1 aromatic carbocycles. The molecule has 1 heterocycles. The zero-order chi connectivity index (χ0) is 13.2. The zero-order valence-electron chi connectivity index (χ0n) is 10.7. The Bertz CT molecular complexity index is 497. The maximum absolute atomic E-state index is 12.0. The molecule has 3 atom stereocenters. The van der Waals surface area contributed by atoms with Crippen LogP contribution in [0.2, 0.25) is 0 Å². The molecule has 4 heteroatoms. The largest absolute Gasteiger partial charge is 0.392 e. The van der Waals surface area contributed by atoms with E-state index in [1.54, 1.807) is 12.1 Å². The van der Waals surface area contributed by atoms with Gasteiger partial charge in [0.25, 0.3) is 0 Å². The lowest BCUT2D eigenvalue weighted by Crippen LogP contribution is -2.30. The molecular weight excluding hydrogens is 242 g/mol. The second-order valence-corrected chi connectivity index (χ2v) is 5.21. The van der Waals surface area contributed by atoms with Gasteiger partial charge < -0.3 is 9.94 Å². The SMILES string of the molecule is O=C(C[C@H](O)C1=NO[C@H]2CCC[C@@H]12)c1ccccc1. The molecule has 0 unspecified atom stereocenters. The van der Waals surface area contributed by atoms with Crippen LogP contribution in [0.15, 0.2) is 35.5 Å². The Hall–Kier alpha value is -1.68. The molecule has 0 spiro atoms. The van der Waals surface area contributed by atoms with Gasteiger partial charge in [0, 0.05) is 17.9 Å². The highest BCUT2D eigenvalue weighted by Crippen LogP contribution is 2.35. The van der Waals surface area contributed by atoms with Crippen LogP contribution in [-0.4, -0.2) is 28.8 Å². The van der Waals surface area contributed by atoms with E-state index in [2.05, 4.69) is 5.16 Å². The lowest BCUT2D eigenvalue weighted by molar-refractivity contribution is 0.0746. The summed E-state index contributed by atoms with van der Waals surface area (Å²) in [7, 11) is 0. The second kappa shape index (κ2) is 5.13. The Morgan fingerprint density at radius 2 is 2.16 bits per heavy atom. The fraction of sp³-hybridized carbons (Fsp3) is 0.467. The summed E-state index contributed by atoms with van der Waals surface area (Å²) < 4.78 is 0. The maximum atomic E-state index is 12.0. The number of Topliss-reactive ketones (excluding diaryl/α,β-unsaturated/α-hetero) is 1. The molecule has 0 bridgehead atoms. The summed E-state index contributed by atoms with van der Waals surface area (Å²) in [5.74, 6) is 0.149. The zero-order valence-corrected chi connectivity index (χ0v) is 10.7. The molecule has 3 rings (SSSR count). The first-order valence-electron chi connectivity index (χ1n) is 6.75. The Morgan fingerprint density at radius 1 is 1.37 bits per heavy atom. The average Bonchev–Trinajstić information content (AvgIpc) is 3.01. The summed E-state index contributed by atoms with van der Waals surface area (Å²) in [6.07, 6.45) is 2.48. The van der Waals surface area contributed by atoms with Gasteiger partial charge in [0.15, 0.2) is 5.78 Å². The van der Waals surface area contributed by atoms with Crippen LogP contribution in [0.25, 0.3) is 0 Å². The van der Waals surface area contributed by atoms with Gasteiger partial charge in [0.2, 0.25) is 0 Å². The first kappa shape index (κ1) is 12.4. The Kier molecular flexibility index (Phi) is 3.34. The molecule has 1 aliphatic heterocycles. The summed E-state index contributed by atoms with van der Waals surface area (Å²) in [4.78, 5) is 17.4. The van der Waals surface area contributed by atoms with Gasteiger partial charge in [-0.15, -0.1) is 0 Å². The molecule has 19 heavy (non-hydrogen) atoms. The van der Waals surface area contributed by atoms with Gasteiger partial charge in [-0.3, -0.25) is 4.79 Å². The fourth-order valence-electron chi connectivity index (χ4n) is 2.92. The number of benzene rings is 1. The van der Waals surface area contributed by atoms with Crippen LogP contribution in [0, 0.1) is 5.92 Å². The first-order valence-corrected chi connectivity index (χ1v) is 6.75. The van der Waals surface area contributed by atoms with E-state index in [4.69, 9.17) is 4.84 Å². The van der Waals surface area contributed by atoms with Crippen molar-refractivity contribution in [2.75, 3.05) is 0 Å². The lowest BCUT2D eigenvalue weighted by atomic mass is 9.92. The van der Waals surface area contributed by atoms with Crippen LogP contribution in [-0.2, 0) is 4.84 Å². The number of nitrogens with zero attached hydrogens (tertiary/aromatic N) is 1. The third-order valence-corrected chi connectivity index (χ3v) is 3.94. The highest BCUT2D eigenvalue weighted by atomic mass is 16.6. The van der Waals surface area contributed by atoms with E-state index >= 15 is 0 Å². The number of oxime groups is 1. The van der Waals surface area contributed by atoms with Crippen molar-refractivity contribution in [1.29, 1.82) is 0 Å². The van der Waals surface area contributed by atoms with E-state index in [0.29, 0.717) is 11.3 Å². The van der Waals surface area contributed by atoms with Crippen molar-refractivity contribution < 1.29 is 14.7 Å². The predicted molar refractivity (Wildman–Crippen MR) is 71.0 cm³/mol. The molecule has 1 saturated carbocycles. The lowest BCUT2D eigenvalue weighted by Gasteiger charge is -2.14. The number of aliphatic hydroxyl groups excluding tert-OH is 1. The van der Waals surface area contributed by atoms with Crippen molar-refractivity contribution in [2.24, 2.45) is 11.1 Å². The van der Waals surface area contributed by atoms with Gasteiger partial charge in [-0.25, -0.2) is 0 Å². The predicted octanol–water partition coefficient (Wildman–Crippen LogP) is 2.18. The van der Waals surface area contributed by atoms with Crippen molar-refractivity contribution in [3.05, 3.63) is 35.9 Å². The number of rotatable bonds is 4. The molecule has 0 amide bonds. The quantitative estimate of drug-likeness (QED) is 0.843. The molecule has 0 saturated heterocycles. The third kappa shape index (κ3) is 2.40. The topological polar surface area (TPSA) is 58.9 Å². The van der Waals surface area contributed by atoms with Crippen molar-refractivity contribution in [3.8, 4) is 0 Å². The highest BCUT2D eigenvalue weighted by Gasteiger charge is 2.41. The summed E-state index contributed by atoms with van der Waals surface area (Å²) in [6, 6.07) is 9.04. The molecule has 1 N–H and O–H groups in total. The number of carbonyl (C=O) groups excluding carboxylic acids is 1. The molecule has 0 aromatic heterocycles. The number of ketones is 1. The van der Waals surface area contributed by atoms with Gasteiger partial charge in [-0.05, 0) is 19.3 Å². The van der Waals surface area contributed by atoms with E-state index in [0.717, 1.165) is 19.3 Å². The van der Waals surface area contributed by atoms with Crippen molar-refractivity contribution in [2.45, 2.75) is 37.9 Å². The second-order valence-electron chi connectivity index (χ2n) is 5.21. The first-order chi connectivity index (χ1) is 9.25. The Balaban J connectivity index is 1.66. The number of hydrogen-bond donors (Lipinski definition) is 1. The normalized spacial score (nSPS) is 26.5. The van der Waals surface area contributed by atoms with Crippen molar-refractivity contribution in [1.82, 2.24) is 0 Å². The molecule has 1 fully saturated rings. The van der Waals surface area contributed by atoms with Crippen LogP contribution in [0.5, 0.6) is 0 Å². The number of hydrogen-bond acceptors (Lipinski definition) is 4. The fourth-order valence-corrected chi connectivity index (χ4v) is 2.92. The third-order valence-electron chi connectivity index (χ3n) is 3.94. The molecule has 1 aromatic rings. The van der Waals surface area contributed by atoms with Crippen LogP contribution >= 0.6 is 0 Å². The standard InChI is InChI=1S/C15H17NO3/c17-12(10-5-2-1-3-6-10)9-13(18)15-11-7-4-8-14(11)19-16-15/h1-3,5-6,11,13-14,18H,4,7-9H2/t11-,13+,14+/m1/s1. The number of carbonyl (C=O) groups is 1. The van der Waals surface area contributed by atoms with E-state index in [9.17, 15) is 9.90 Å². The Labute approximate surface area is 112 Å². The van der Waals surface area contributed by atoms with Crippen LogP contribution < -0.4 is 0 Å². The van der Waals surface area contributed by atoms with Gasteiger partial charge in [0.05, 0.1) is 5.71 Å². The minimum absolute atomic E-state index is 0.0581. The van der Waals surface area contributed by atoms with Crippen LogP contribution in [0.1, 0.15) is 36.0 Å². The van der Waals surface area contributed by atoms with Gasteiger partial charge in [-0.2, -0.15) is 0 Å². The minimum atomic E-state index is -0.819. The summed E-state index contributed by atoms with van der Waals surface area (Å²) >= 11 is 0. The van der Waals surface area contributed by atoms with E-state index in [-0.39, 0.29) is 24.2 Å². The van der Waals surface area contributed by atoms with E-state index in [1.165, 1.54) is 0 Å². The van der Waals surface area contributed by atoms with E-state index in [1.807, 2.05) is 18.2 Å². The average molecular weight is 259 g/mol. The van der Waals surface area contributed by atoms with Crippen molar-refractivity contribution in [3.63, 3.8) is 0 Å². The summed E-state index contributed by atoms with van der Waals surface area (Å²) in [6.45, 7) is 0. The maximum Gasteiger partial charge on any atom is 0.165 e. The van der Waals surface area contributed by atoms with Crippen LogP contribution in [0.4, 0.5) is 0 Å². The van der Waals surface area contributed by atoms with Gasteiger partial charge >= 0.3 is 0 Å². The monoisotopic (exact) mass is 259 g/mol. The summed E-state index contributed by atoms with van der Waals surface area (Å²) in [5, 5.41) is 14.2. The molecule has 4 nitrogen and oxygen atoms in total. The Morgan fingerprint density at radius 3 is 2.95 bits per heavy atom. The van der Waals surface area contributed by atoms with Gasteiger partial charge in [0.1, 0.15) is 12.2 Å². The highest BCUT2D eigenvalue weighted by molar-refractivity contribution is 6.01. The number of fused-ring (bicyclic) bond motifs is 1. The minimum Gasteiger partial charge on any atom is -0.392 e. The molecule has 0 radical (unpaired) electrons. The summed E-state index contributed by atoms with van der Waals surface area (Å²) in [5.41, 5.74) is 1.29. The van der Waals surface area contributed by atoms with Crippen molar-refractivity contribution >= 4 is 11.5 Å². The van der Waals surface area contributed by atoms with Crippen LogP contribution in [0.3, 0.4) is 0 Å². The number of aliphatic hydroxyl groups is 1. The molecule has 1 aliphatic carbocycles. The molecular formula is C15H17NO3.